The molecule has 0 rings (SSSR count). The van der Waals surface area contributed by atoms with E-state index >= 15 is 0 Å². The summed E-state index contributed by atoms with van der Waals surface area (Å²) in [6.07, 6.45) is 0. The first-order chi connectivity index (χ1) is 5.19. The van der Waals surface area contributed by atoms with Crippen LogP contribution in [0.15, 0.2) is 0 Å². The van der Waals surface area contributed by atoms with Gasteiger partial charge in [0.05, 0.1) is 5.41 Å². The fourth-order valence-electron chi connectivity index (χ4n) is 0.309. The average Bonchev–Trinajstić information content (AvgIpc) is 1.89. The summed E-state index contributed by atoms with van der Waals surface area (Å²) in [5.74, 6) is -3.42. The monoisotopic (exact) mass is 180 g/mol. The number of carbonyl (C=O) groups is 1. The number of carbonyl (C=O) groups excluding carboxylic acids is 1. The van der Waals surface area contributed by atoms with Gasteiger partial charge < -0.3 is 0 Å². The van der Waals surface area contributed by atoms with Crippen LogP contribution < -0.4 is 0 Å². The first-order valence-electron chi connectivity index (χ1n) is 4.08. The third-order valence-electron chi connectivity index (χ3n) is 1.98. The molecule has 0 aliphatic carbocycles. The summed E-state index contributed by atoms with van der Waals surface area (Å²) in [4.78, 5) is 10.6. The molecule has 3 heteroatoms. The smallest absolute Gasteiger partial charge is 0.257 e. The fraction of sp³-hybridized carbons (Fsp3) is 0.889. The van der Waals surface area contributed by atoms with Gasteiger partial charge in [0.2, 0.25) is 0 Å². The first-order valence-corrected chi connectivity index (χ1v) is 4.08. The summed E-state index contributed by atoms with van der Waals surface area (Å²) in [6.45, 7) is 8.43. The van der Waals surface area contributed by atoms with Crippen LogP contribution in [0.25, 0.3) is 0 Å². The van der Waals surface area contributed by atoms with Crippen molar-refractivity contribution in [3.63, 3.8) is 0 Å². The quantitative estimate of drug-likeness (QED) is 0.637. The van der Waals surface area contributed by atoms with Gasteiger partial charge in [0.15, 0.2) is 0 Å². The van der Waals surface area contributed by atoms with Crippen LogP contribution >= 0.6 is 0 Å². The van der Waals surface area contributed by atoms with Gasteiger partial charge in [0.1, 0.15) is 5.78 Å². The minimum Gasteiger partial charge on any atom is -0.299 e. The van der Waals surface area contributed by atoms with Crippen molar-refractivity contribution < 1.29 is 13.6 Å². The first kappa shape index (κ1) is 14.1. The van der Waals surface area contributed by atoms with E-state index in [1.165, 1.54) is 20.8 Å². The molecule has 0 aliphatic heterocycles. The number of halogens is 2. The van der Waals surface area contributed by atoms with Crippen LogP contribution in [-0.2, 0) is 4.79 Å². The van der Waals surface area contributed by atoms with Crippen molar-refractivity contribution in [2.24, 2.45) is 5.41 Å². The molecular weight excluding hydrogens is 162 g/mol. The Labute approximate surface area is 73.2 Å². The minimum atomic E-state index is -2.93. The summed E-state index contributed by atoms with van der Waals surface area (Å²) in [7, 11) is 0. The molecule has 0 fully saturated rings. The number of hydrogen-bond acceptors (Lipinski definition) is 1. The molecule has 0 aliphatic rings. The zero-order valence-electron chi connectivity index (χ0n) is 8.66. The van der Waals surface area contributed by atoms with Crippen LogP contribution in [-0.4, -0.2) is 11.7 Å². The van der Waals surface area contributed by atoms with Crippen LogP contribution in [0.2, 0.25) is 0 Å². The average molecular weight is 180 g/mol. The SMILES string of the molecule is CC.CC(=O)C(C)(C)C(C)(F)F. The zero-order chi connectivity index (χ0) is 10.6. The lowest BCUT2D eigenvalue weighted by Gasteiger charge is -2.28. The second-order valence-electron chi connectivity index (χ2n) is 3.07. The summed E-state index contributed by atoms with van der Waals surface area (Å²) in [6, 6.07) is 0. The van der Waals surface area contributed by atoms with E-state index in [2.05, 4.69) is 0 Å². The summed E-state index contributed by atoms with van der Waals surface area (Å²) in [5.41, 5.74) is -1.53. The molecule has 12 heavy (non-hydrogen) atoms. The minimum absolute atomic E-state index is 0.486. The second kappa shape index (κ2) is 4.53. The van der Waals surface area contributed by atoms with Crippen molar-refractivity contribution in [1.82, 2.24) is 0 Å². The molecule has 0 N–H and O–H groups in total. The number of ketones is 1. The normalized spacial score (nSPS) is 11.7. The Morgan fingerprint density at radius 2 is 1.33 bits per heavy atom. The van der Waals surface area contributed by atoms with Crippen LogP contribution in [0.1, 0.15) is 41.5 Å². The van der Waals surface area contributed by atoms with E-state index < -0.39 is 17.1 Å². The Kier molecular flexibility index (Phi) is 5.31. The standard InChI is InChI=1S/C7H12F2O.C2H6/c1-5(10)6(2,3)7(4,8)9;1-2/h1-4H3;1-2H3. The van der Waals surface area contributed by atoms with Gasteiger partial charge in [-0.15, -0.1) is 0 Å². The van der Waals surface area contributed by atoms with E-state index in [1.807, 2.05) is 13.8 Å². The second-order valence-corrected chi connectivity index (χ2v) is 3.07. The molecule has 74 valence electrons. The van der Waals surface area contributed by atoms with Gasteiger partial charge in [-0.3, -0.25) is 4.79 Å². The predicted octanol–water partition coefficient (Wildman–Crippen LogP) is 3.28. The maximum absolute atomic E-state index is 12.5. The van der Waals surface area contributed by atoms with Gasteiger partial charge in [-0.05, 0) is 20.8 Å². The number of rotatable bonds is 2. The largest absolute Gasteiger partial charge is 0.299 e. The molecule has 0 saturated carbocycles. The Morgan fingerprint density at radius 3 is 1.33 bits per heavy atom. The van der Waals surface area contributed by atoms with Crippen molar-refractivity contribution in [3.05, 3.63) is 0 Å². The van der Waals surface area contributed by atoms with Crippen LogP contribution in [0.4, 0.5) is 8.78 Å². The van der Waals surface area contributed by atoms with E-state index in [4.69, 9.17) is 0 Å². The van der Waals surface area contributed by atoms with Crippen molar-refractivity contribution in [3.8, 4) is 0 Å². The van der Waals surface area contributed by atoms with Gasteiger partial charge in [-0.25, -0.2) is 8.78 Å². The maximum Gasteiger partial charge on any atom is 0.257 e. The van der Waals surface area contributed by atoms with Crippen molar-refractivity contribution in [2.75, 3.05) is 0 Å². The Bertz CT molecular complexity index is 145. The Hall–Kier alpha value is -0.470. The molecule has 0 aromatic heterocycles. The molecule has 0 radical (unpaired) electrons. The third-order valence-corrected chi connectivity index (χ3v) is 1.98. The molecule has 0 heterocycles. The van der Waals surface area contributed by atoms with E-state index in [0.717, 1.165) is 6.92 Å². The van der Waals surface area contributed by atoms with Gasteiger partial charge in [-0.2, -0.15) is 0 Å². The molecule has 1 nitrogen and oxygen atoms in total. The van der Waals surface area contributed by atoms with Crippen molar-refractivity contribution in [2.45, 2.75) is 47.5 Å². The van der Waals surface area contributed by atoms with Gasteiger partial charge in [0, 0.05) is 6.92 Å². The number of hydrogen-bond donors (Lipinski definition) is 0. The molecule has 0 spiro atoms. The van der Waals surface area contributed by atoms with Gasteiger partial charge in [0.25, 0.3) is 5.92 Å². The highest BCUT2D eigenvalue weighted by Gasteiger charge is 2.45. The van der Waals surface area contributed by atoms with Crippen molar-refractivity contribution >= 4 is 5.78 Å². The summed E-state index contributed by atoms with van der Waals surface area (Å²) < 4.78 is 25.1. The molecule has 0 saturated heterocycles. The van der Waals surface area contributed by atoms with E-state index in [9.17, 15) is 13.6 Å². The predicted molar refractivity (Wildman–Crippen MR) is 46.4 cm³/mol. The molecule has 0 amide bonds. The van der Waals surface area contributed by atoms with Crippen molar-refractivity contribution in [1.29, 1.82) is 0 Å². The fourth-order valence-corrected chi connectivity index (χ4v) is 0.309. The summed E-state index contributed by atoms with van der Waals surface area (Å²) >= 11 is 0. The van der Waals surface area contributed by atoms with Crippen LogP contribution in [0, 0.1) is 5.41 Å². The highest BCUT2D eigenvalue weighted by Crippen LogP contribution is 2.36. The molecular formula is C9H18F2O. The molecule has 0 atom stereocenters. The van der Waals surface area contributed by atoms with E-state index in [-0.39, 0.29) is 0 Å². The van der Waals surface area contributed by atoms with Gasteiger partial charge >= 0.3 is 0 Å². The molecule has 0 aromatic rings. The third kappa shape index (κ3) is 3.28. The Morgan fingerprint density at radius 1 is 1.08 bits per heavy atom. The number of Topliss-reactive ketones (excluding diaryl/α,β-unsaturated/α-hetero) is 1. The van der Waals surface area contributed by atoms with E-state index in [0.29, 0.717) is 0 Å². The lowest BCUT2D eigenvalue weighted by Crippen LogP contribution is -2.39. The zero-order valence-corrected chi connectivity index (χ0v) is 8.66. The van der Waals surface area contributed by atoms with Gasteiger partial charge in [-0.1, -0.05) is 13.8 Å². The number of alkyl halides is 2. The Balaban J connectivity index is 0. The lowest BCUT2D eigenvalue weighted by atomic mass is 9.83. The molecule has 0 unspecified atom stereocenters. The molecule has 0 aromatic carbocycles. The topological polar surface area (TPSA) is 17.1 Å². The lowest BCUT2D eigenvalue weighted by molar-refractivity contribution is -0.146. The maximum atomic E-state index is 12.5. The van der Waals surface area contributed by atoms with Crippen LogP contribution in [0.3, 0.4) is 0 Å². The van der Waals surface area contributed by atoms with E-state index in [1.54, 1.807) is 0 Å². The highest BCUT2D eigenvalue weighted by atomic mass is 19.3. The summed E-state index contributed by atoms with van der Waals surface area (Å²) in [5, 5.41) is 0. The molecule has 0 bridgehead atoms. The van der Waals surface area contributed by atoms with Crippen LogP contribution in [0.5, 0.6) is 0 Å². The highest BCUT2D eigenvalue weighted by molar-refractivity contribution is 5.82.